The highest BCUT2D eigenvalue weighted by atomic mass is 32.2. The first-order valence-electron chi connectivity index (χ1n) is 6.68. The van der Waals surface area contributed by atoms with Gasteiger partial charge in [0.2, 0.25) is 15.9 Å². The first-order chi connectivity index (χ1) is 8.88. The summed E-state index contributed by atoms with van der Waals surface area (Å²) in [5.41, 5.74) is -0.335. The normalized spacial score (nSPS) is 29.6. The molecule has 3 rings (SSSR count). The van der Waals surface area contributed by atoms with Gasteiger partial charge in [0.1, 0.15) is 0 Å². The number of hydrogen-bond donors (Lipinski definition) is 0. The van der Waals surface area contributed by atoms with Crippen molar-refractivity contribution in [1.82, 2.24) is 14.4 Å². The van der Waals surface area contributed by atoms with Crippen molar-refractivity contribution in [2.75, 3.05) is 19.3 Å². The van der Waals surface area contributed by atoms with E-state index < -0.39 is 10.0 Å². The van der Waals surface area contributed by atoms with E-state index in [2.05, 4.69) is 10.1 Å². The van der Waals surface area contributed by atoms with E-state index in [0.717, 1.165) is 25.7 Å². The van der Waals surface area contributed by atoms with Crippen LogP contribution in [0.2, 0.25) is 0 Å². The number of piperidine rings is 1. The van der Waals surface area contributed by atoms with E-state index in [1.165, 1.54) is 10.6 Å². The molecule has 0 N–H and O–H groups in total. The van der Waals surface area contributed by atoms with Gasteiger partial charge in [-0.05, 0) is 25.7 Å². The SMILES string of the molecule is CC1(c2noc(C3CC3)n2)CCCN(S(C)(=O)=O)C1. The molecule has 19 heavy (non-hydrogen) atoms. The van der Waals surface area contributed by atoms with Crippen LogP contribution in [0.4, 0.5) is 0 Å². The van der Waals surface area contributed by atoms with Gasteiger partial charge in [-0.2, -0.15) is 4.98 Å². The second kappa shape index (κ2) is 4.28. The van der Waals surface area contributed by atoms with Crippen molar-refractivity contribution in [2.24, 2.45) is 0 Å². The molecule has 1 aliphatic carbocycles. The highest BCUT2D eigenvalue weighted by molar-refractivity contribution is 7.88. The van der Waals surface area contributed by atoms with Crippen molar-refractivity contribution in [2.45, 2.75) is 43.9 Å². The molecular weight excluding hydrogens is 266 g/mol. The molecule has 2 fully saturated rings. The summed E-state index contributed by atoms with van der Waals surface area (Å²) in [6, 6.07) is 0. The van der Waals surface area contributed by atoms with E-state index in [9.17, 15) is 8.42 Å². The Labute approximate surface area is 113 Å². The molecular formula is C12H19N3O3S. The number of hydrogen-bond acceptors (Lipinski definition) is 5. The zero-order chi connectivity index (χ0) is 13.7. The first kappa shape index (κ1) is 13.1. The van der Waals surface area contributed by atoms with Crippen LogP contribution in [0, 0.1) is 0 Å². The first-order valence-corrected chi connectivity index (χ1v) is 8.52. The Morgan fingerprint density at radius 3 is 2.79 bits per heavy atom. The standard InChI is InChI=1S/C12H19N3O3S/c1-12(6-3-7-15(8-12)19(2,16)17)11-13-10(18-14-11)9-4-5-9/h9H,3-8H2,1-2H3. The third-order valence-electron chi connectivity index (χ3n) is 4.04. The minimum Gasteiger partial charge on any atom is -0.339 e. The minimum absolute atomic E-state index is 0.335. The molecule has 2 heterocycles. The average molecular weight is 285 g/mol. The molecule has 1 saturated heterocycles. The Bertz CT molecular complexity index is 579. The smallest absolute Gasteiger partial charge is 0.229 e. The van der Waals surface area contributed by atoms with Gasteiger partial charge in [-0.3, -0.25) is 0 Å². The number of aromatic nitrogens is 2. The van der Waals surface area contributed by atoms with Gasteiger partial charge >= 0.3 is 0 Å². The summed E-state index contributed by atoms with van der Waals surface area (Å²) in [6.07, 6.45) is 5.21. The molecule has 2 aliphatic rings. The largest absolute Gasteiger partial charge is 0.339 e. The van der Waals surface area contributed by atoms with Gasteiger partial charge in [-0.15, -0.1) is 0 Å². The van der Waals surface area contributed by atoms with E-state index in [-0.39, 0.29) is 5.41 Å². The molecule has 1 aromatic rings. The summed E-state index contributed by atoms with van der Waals surface area (Å²) in [6.45, 7) is 3.04. The van der Waals surface area contributed by atoms with E-state index in [4.69, 9.17) is 4.52 Å². The monoisotopic (exact) mass is 285 g/mol. The quantitative estimate of drug-likeness (QED) is 0.835. The van der Waals surface area contributed by atoms with Crippen LogP contribution in [0.1, 0.15) is 50.2 Å². The summed E-state index contributed by atoms with van der Waals surface area (Å²) < 4.78 is 30.2. The molecule has 6 nitrogen and oxygen atoms in total. The molecule has 0 aromatic carbocycles. The molecule has 7 heteroatoms. The van der Waals surface area contributed by atoms with Crippen molar-refractivity contribution in [3.63, 3.8) is 0 Å². The molecule has 1 aliphatic heterocycles. The van der Waals surface area contributed by atoms with Gasteiger partial charge < -0.3 is 4.52 Å². The van der Waals surface area contributed by atoms with Crippen molar-refractivity contribution in [3.05, 3.63) is 11.7 Å². The lowest BCUT2D eigenvalue weighted by Crippen LogP contribution is -2.47. The maximum absolute atomic E-state index is 11.7. The maximum Gasteiger partial charge on any atom is 0.229 e. The van der Waals surface area contributed by atoms with Crippen molar-refractivity contribution < 1.29 is 12.9 Å². The second-order valence-electron chi connectivity index (χ2n) is 5.99. The summed E-state index contributed by atoms with van der Waals surface area (Å²) >= 11 is 0. The lowest BCUT2D eigenvalue weighted by Gasteiger charge is -2.36. The van der Waals surface area contributed by atoms with Crippen molar-refractivity contribution >= 4 is 10.0 Å². The molecule has 1 atom stereocenters. The van der Waals surface area contributed by atoms with Gasteiger partial charge in [-0.1, -0.05) is 12.1 Å². The minimum atomic E-state index is -3.15. The van der Waals surface area contributed by atoms with Crippen LogP contribution in [-0.4, -0.2) is 42.2 Å². The number of nitrogens with zero attached hydrogens (tertiary/aromatic N) is 3. The Morgan fingerprint density at radius 2 is 2.16 bits per heavy atom. The summed E-state index contributed by atoms with van der Waals surface area (Å²) in [7, 11) is -3.15. The third kappa shape index (κ3) is 2.53. The number of rotatable bonds is 3. The zero-order valence-electron chi connectivity index (χ0n) is 11.3. The van der Waals surface area contributed by atoms with Crippen molar-refractivity contribution in [1.29, 1.82) is 0 Å². The zero-order valence-corrected chi connectivity index (χ0v) is 12.1. The Morgan fingerprint density at radius 1 is 1.42 bits per heavy atom. The third-order valence-corrected chi connectivity index (χ3v) is 5.29. The van der Waals surface area contributed by atoms with Crippen molar-refractivity contribution in [3.8, 4) is 0 Å². The highest BCUT2D eigenvalue weighted by Gasteiger charge is 2.40. The van der Waals surface area contributed by atoms with Crippen LogP contribution in [0.15, 0.2) is 4.52 Å². The Kier molecular flexibility index (Phi) is 2.94. The molecule has 0 radical (unpaired) electrons. The van der Waals surface area contributed by atoms with Gasteiger partial charge in [0.05, 0.1) is 6.26 Å². The van der Waals surface area contributed by atoms with E-state index >= 15 is 0 Å². The van der Waals surface area contributed by atoms with E-state index in [0.29, 0.717) is 30.7 Å². The lowest BCUT2D eigenvalue weighted by molar-refractivity contribution is 0.226. The Balaban J connectivity index is 1.84. The summed E-state index contributed by atoms with van der Waals surface area (Å²) in [5, 5.41) is 4.08. The van der Waals surface area contributed by atoms with Crippen LogP contribution in [0.5, 0.6) is 0 Å². The predicted molar refractivity (Wildman–Crippen MR) is 69.3 cm³/mol. The molecule has 1 saturated carbocycles. The van der Waals surface area contributed by atoms with Gasteiger partial charge in [-0.25, -0.2) is 12.7 Å². The maximum atomic E-state index is 11.7. The summed E-state index contributed by atoms with van der Waals surface area (Å²) in [4.78, 5) is 4.48. The van der Waals surface area contributed by atoms with Gasteiger partial charge in [0, 0.05) is 24.4 Å². The second-order valence-corrected chi connectivity index (χ2v) is 7.97. The summed E-state index contributed by atoms with van der Waals surface area (Å²) in [5.74, 6) is 1.80. The van der Waals surface area contributed by atoms with E-state index in [1.54, 1.807) is 0 Å². The van der Waals surface area contributed by atoms with Gasteiger partial charge in [0.15, 0.2) is 5.82 Å². The molecule has 0 bridgehead atoms. The van der Waals surface area contributed by atoms with Crippen LogP contribution in [0.3, 0.4) is 0 Å². The molecule has 1 aromatic heterocycles. The fourth-order valence-corrected chi connectivity index (χ4v) is 3.62. The average Bonchev–Trinajstić information content (AvgIpc) is 3.05. The predicted octanol–water partition coefficient (Wildman–Crippen LogP) is 1.26. The molecule has 0 spiro atoms. The molecule has 0 amide bonds. The highest BCUT2D eigenvalue weighted by Crippen LogP contribution is 2.40. The molecule has 106 valence electrons. The van der Waals surface area contributed by atoms with Crippen LogP contribution >= 0.6 is 0 Å². The van der Waals surface area contributed by atoms with Crippen LogP contribution < -0.4 is 0 Å². The molecule has 1 unspecified atom stereocenters. The van der Waals surface area contributed by atoms with Gasteiger partial charge in [0.25, 0.3) is 0 Å². The Hall–Kier alpha value is -0.950. The van der Waals surface area contributed by atoms with E-state index in [1.807, 2.05) is 6.92 Å². The fourth-order valence-electron chi connectivity index (χ4n) is 2.63. The lowest BCUT2D eigenvalue weighted by atomic mass is 9.82. The topological polar surface area (TPSA) is 76.3 Å². The van der Waals surface area contributed by atoms with Crippen LogP contribution in [0.25, 0.3) is 0 Å². The number of sulfonamides is 1. The fraction of sp³-hybridized carbons (Fsp3) is 0.833. The van der Waals surface area contributed by atoms with Crippen LogP contribution in [-0.2, 0) is 15.4 Å².